The third-order valence-electron chi connectivity index (χ3n) is 2.73. The second kappa shape index (κ2) is 5.91. The molecule has 1 aliphatic rings. The topological polar surface area (TPSA) is 67.4 Å². The summed E-state index contributed by atoms with van der Waals surface area (Å²) < 4.78 is 5.36. The van der Waals surface area contributed by atoms with Gasteiger partial charge < -0.3 is 15.4 Å². The van der Waals surface area contributed by atoms with Crippen LogP contribution in [0, 0.1) is 12.3 Å². The molecule has 98 valence electrons. The van der Waals surface area contributed by atoms with Gasteiger partial charge in [0.1, 0.15) is 5.75 Å². The number of amides is 2. The molecule has 5 heteroatoms. The minimum absolute atomic E-state index is 0.0230. The highest BCUT2D eigenvalue weighted by Crippen LogP contribution is 2.26. The Kier molecular flexibility index (Phi) is 4.04. The lowest BCUT2D eigenvalue weighted by Crippen LogP contribution is -2.29. The lowest BCUT2D eigenvalue weighted by molar-refractivity contribution is -0.122. The number of carbonyl (C=O) groups excluding carboxylic acids is 2. The van der Waals surface area contributed by atoms with Gasteiger partial charge in [0, 0.05) is 12.1 Å². The average Bonchev–Trinajstić information content (AvgIpc) is 2.42. The first-order valence-electron chi connectivity index (χ1n) is 5.95. The van der Waals surface area contributed by atoms with Crippen molar-refractivity contribution in [2.45, 2.75) is 12.8 Å². The van der Waals surface area contributed by atoms with Gasteiger partial charge in [-0.15, -0.1) is 6.42 Å². The zero-order chi connectivity index (χ0) is 13.7. The van der Waals surface area contributed by atoms with Crippen LogP contribution in [0.1, 0.15) is 12.0 Å². The summed E-state index contributed by atoms with van der Waals surface area (Å²) in [6.45, 7) is 0.116. The van der Waals surface area contributed by atoms with Gasteiger partial charge in [-0.25, -0.2) is 0 Å². The van der Waals surface area contributed by atoms with Crippen LogP contribution in [-0.4, -0.2) is 25.0 Å². The molecule has 0 spiro atoms. The molecule has 1 aromatic carbocycles. The van der Waals surface area contributed by atoms with Crippen LogP contribution in [0.4, 0.5) is 5.69 Å². The van der Waals surface area contributed by atoms with E-state index in [0.717, 1.165) is 11.3 Å². The van der Waals surface area contributed by atoms with Crippen molar-refractivity contribution in [3.05, 3.63) is 23.8 Å². The first kappa shape index (κ1) is 13.0. The number of anilines is 1. The van der Waals surface area contributed by atoms with Crippen LogP contribution in [0.15, 0.2) is 18.2 Å². The number of benzene rings is 1. The van der Waals surface area contributed by atoms with Crippen LogP contribution in [0.3, 0.4) is 0 Å². The minimum atomic E-state index is -0.260. The zero-order valence-electron chi connectivity index (χ0n) is 10.4. The Bertz CT molecular complexity index is 546. The quantitative estimate of drug-likeness (QED) is 0.781. The van der Waals surface area contributed by atoms with Gasteiger partial charge in [0.25, 0.3) is 5.91 Å². The maximum Gasteiger partial charge on any atom is 0.258 e. The van der Waals surface area contributed by atoms with Gasteiger partial charge in [-0.3, -0.25) is 9.59 Å². The van der Waals surface area contributed by atoms with Crippen LogP contribution < -0.4 is 15.4 Å². The fourth-order valence-corrected chi connectivity index (χ4v) is 1.80. The lowest BCUT2D eigenvalue weighted by Gasteiger charge is -2.17. The van der Waals surface area contributed by atoms with Crippen molar-refractivity contribution < 1.29 is 14.3 Å². The first-order chi connectivity index (χ1) is 9.19. The number of hydrogen-bond acceptors (Lipinski definition) is 3. The number of hydrogen-bond donors (Lipinski definition) is 2. The molecule has 2 amide bonds. The molecule has 0 fully saturated rings. The van der Waals surface area contributed by atoms with Crippen LogP contribution in [-0.2, 0) is 16.0 Å². The largest absolute Gasteiger partial charge is 0.484 e. The first-order valence-corrected chi connectivity index (χ1v) is 5.95. The fourth-order valence-electron chi connectivity index (χ4n) is 1.80. The van der Waals surface area contributed by atoms with Crippen molar-refractivity contribution in [2.24, 2.45) is 0 Å². The van der Waals surface area contributed by atoms with E-state index in [4.69, 9.17) is 11.2 Å². The Morgan fingerprint density at radius 2 is 2.32 bits per heavy atom. The van der Waals surface area contributed by atoms with E-state index in [1.165, 1.54) is 0 Å². The third kappa shape index (κ3) is 3.49. The van der Waals surface area contributed by atoms with Crippen molar-refractivity contribution in [2.75, 3.05) is 18.5 Å². The van der Waals surface area contributed by atoms with Crippen LogP contribution in [0.25, 0.3) is 0 Å². The Labute approximate surface area is 111 Å². The molecule has 19 heavy (non-hydrogen) atoms. The van der Waals surface area contributed by atoms with E-state index in [9.17, 15) is 9.59 Å². The van der Waals surface area contributed by atoms with Gasteiger partial charge in [0.15, 0.2) is 6.61 Å². The van der Waals surface area contributed by atoms with E-state index in [2.05, 4.69) is 16.6 Å². The van der Waals surface area contributed by atoms with E-state index < -0.39 is 0 Å². The van der Waals surface area contributed by atoms with Gasteiger partial charge in [0.2, 0.25) is 5.91 Å². The van der Waals surface area contributed by atoms with Crippen molar-refractivity contribution in [3.63, 3.8) is 0 Å². The Morgan fingerprint density at radius 1 is 1.47 bits per heavy atom. The maximum atomic E-state index is 11.3. The maximum absolute atomic E-state index is 11.3. The molecule has 0 aliphatic carbocycles. The molecular weight excluding hydrogens is 244 g/mol. The van der Waals surface area contributed by atoms with E-state index in [1.54, 1.807) is 12.1 Å². The van der Waals surface area contributed by atoms with Crippen molar-refractivity contribution in [1.29, 1.82) is 0 Å². The number of nitrogens with one attached hydrogen (secondary N) is 2. The molecule has 0 saturated heterocycles. The molecular formula is C14H14N2O3. The smallest absolute Gasteiger partial charge is 0.258 e. The van der Waals surface area contributed by atoms with Crippen LogP contribution >= 0.6 is 0 Å². The number of fused-ring (bicyclic) bond motifs is 1. The van der Waals surface area contributed by atoms with Crippen LogP contribution in [0.2, 0.25) is 0 Å². The molecule has 0 saturated carbocycles. The van der Waals surface area contributed by atoms with Crippen molar-refractivity contribution in [1.82, 2.24) is 5.32 Å². The molecule has 1 heterocycles. The summed E-state index contributed by atoms with van der Waals surface area (Å²) in [7, 11) is 0. The van der Waals surface area contributed by atoms with Gasteiger partial charge >= 0.3 is 0 Å². The molecule has 0 unspecified atom stereocenters. The molecule has 5 nitrogen and oxygen atoms in total. The second-order valence-corrected chi connectivity index (χ2v) is 4.14. The molecule has 1 aliphatic heterocycles. The molecule has 2 N–H and O–H groups in total. The third-order valence-corrected chi connectivity index (χ3v) is 2.73. The summed E-state index contributed by atoms with van der Waals surface area (Å²) in [6.07, 6.45) is 6.19. The predicted octanol–water partition coefficient (Wildman–Crippen LogP) is 0.699. The highest BCUT2D eigenvalue weighted by molar-refractivity contribution is 5.94. The minimum Gasteiger partial charge on any atom is -0.484 e. The summed E-state index contributed by atoms with van der Waals surface area (Å²) in [5.41, 5.74) is 1.82. The molecule has 0 atom stereocenters. The fraction of sp³-hybridized carbons (Fsp3) is 0.286. The number of carbonyl (C=O) groups is 2. The monoisotopic (exact) mass is 258 g/mol. The van der Waals surface area contributed by atoms with Crippen molar-refractivity contribution in [3.8, 4) is 18.1 Å². The Morgan fingerprint density at radius 3 is 3.11 bits per heavy atom. The Balaban J connectivity index is 1.94. The second-order valence-electron chi connectivity index (χ2n) is 4.14. The molecule has 0 bridgehead atoms. The predicted molar refractivity (Wildman–Crippen MR) is 70.7 cm³/mol. The van der Waals surface area contributed by atoms with E-state index in [-0.39, 0.29) is 25.0 Å². The number of ether oxygens (including phenoxy) is 1. The van der Waals surface area contributed by atoms with Gasteiger partial charge in [0.05, 0.1) is 6.54 Å². The summed E-state index contributed by atoms with van der Waals surface area (Å²) in [4.78, 5) is 22.5. The number of aryl methyl sites for hydroxylation is 1. The molecule has 0 radical (unpaired) electrons. The zero-order valence-corrected chi connectivity index (χ0v) is 10.4. The van der Waals surface area contributed by atoms with Crippen molar-refractivity contribution >= 4 is 17.5 Å². The summed E-state index contributed by atoms with van der Waals surface area (Å²) >= 11 is 0. The normalized spacial score (nSPS) is 12.9. The lowest BCUT2D eigenvalue weighted by atomic mass is 10.0. The van der Waals surface area contributed by atoms with Crippen LogP contribution in [0.5, 0.6) is 5.75 Å². The summed E-state index contributed by atoms with van der Waals surface area (Å²) in [5.74, 6) is 2.68. The highest BCUT2D eigenvalue weighted by atomic mass is 16.5. The average molecular weight is 258 g/mol. The van der Waals surface area contributed by atoms with Gasteiger partial charge in [-0.1, -0.05) is 5.92 Å². The number of rotatable bonds is 4. The summed E-state index contributed by atoms with van der Waals surface area (Å²) in [6, 6.07) is 5.34. The van der Waals surface area contributed by atoms with Gasteiger partial charge in [-0.05, 0) is 30.2 Å². The molecule has 1 aromatic rings. The summed E-state index contributed by atoms with van der Waals surface area (Å²) in [5, 5.41) is 5.30. The van der Waals surface area contributed by atoms with Gasteiger partial charge in [-0.2, -0.15) is 0 Å². The Hall–Kier alpha value is -2.48. The number of terminal acetylenes is 1. The van der Waals surface area contributed by atoms with E-state index in [1.807, 2.05) is 6.07 Å². The molecule has 2 rings (SSSR count). The van der Waals surface area contributed by atoms with E-state index in [0.29, 0.717) is 18.6 Å². The SMILES string of the molecule is C#CCNC(=O)COc1ccc2c(c1)CCC(=O)N2. The van der Waals surface area contributed by atoms with E-state index >= 15 is 0 Å². The standard InChI is InChI=1S/C14H14N2O3/c1-2-7-15-14(18)9-19-11-4-5-12-10(8-11)3-6-13(17)16-12/h1,4-5,8H,3,6-7,9H2,(H,15,18)(H,16,17). The highest BCUT2D eigenvalue weighted by Gasteiger charge is 2.15. The molecule has 0 aromatic heterocycles.